The Kier molecular flexibility index (Phi) is 9.21. The second-order valence-corrected chi connectivity index (χ2v) is 13.0. The second-order valence-electron chi connectivity index (χ2n) is 13.0. The highest BCUT2D eigenvalue weighted by Crippen LogP contribution is 2.27. The van der Waals surface area contributed by atoms with Crippen molar-refractivity contribution in [1.82, 2.24) is 19.9 Å². The van der Waals surface area contributed by atoms with Gasteiger partial charge in [-0.15, -0.1) is 0 Å². The van der Waals surface area contributed by atoms with E-state index < -0.39 is 0 Å². The van der Waals surface area contributed by atoms with Crippen molar-refractivity contribution in [2.45, 2.75) is 0 Å². The largest absolute Gasteiger partial charge is 0.353 e. The van der Waals surface area contributed by atoms with E-state index in [-0.39, 0.29) is 0 Å². The van der Waals surface area contributed by atoms with Crippen LogP contribution in [-0.4, -0.2) is 19.9 Å². The molecule has 4 nitrogen and oxygen atoms in total. The SMILES string of the molecule is C(#Cc1c2nc(c(C#Cc3ccccc3)c3ccc([nH]3)c(C#Cc3ccccc3)c3nc(c(C#Cc4ccccc4)c4ccc1[nH]4)C=C3)C=C2)c1ccccc1. The van der Waals surface area contributed by atoms with E-state index >= 15 is 0 Å². The lowest BCUT2D eigenvalue weighted by Crippen LogP contribution is -1.89. The van der Waals surface area contributed by atoms with Crippen molar-refractivity contribution in [3.8, 4) is 47.4 Å². The molecule has 5 heterocycles. The summed E-state index contributed by atoms with van der Waals surface area (Å²) < 4.78 is 0. The summed E-state index contributed by atoms with van der Waals surface area (Å²) in [7, 11) is 0. The van der Waals surface area contributed by atoms with Gasteiger partial charge in [-0.05, 0) is 97.1 Å². The number of fused-ring (bicyclic) bond motifs is 8. The van der Waals surface area contributed by atoms with Crippen molar-refractivity contribution in [3.05, 3.63) is 213 Å². The predicted molar refractivity (Wildman–Crippen MR) is 229 cm³/mol. The van der Waals surface area contributed by atoms with Gasteiger partial charge < -0.3 is 9.97 Å². The highest BCUT2D eigenvalue weighted by Gasteiger charge is 2.14. The Morgan fingerprint density at radius 1 is 0.268 bits per heavy atom. The van der Waals surface area contributed by atoms with Gasteiger partial charge in [0, 0.05) is 22.3 Å². The van der Waals surface area contributed by atoms with Crippen LogP contribution in [0.1, 0.15) is 67.3 Å². The van der Waals surface area contributed by atoms with Crippen LogP contribution in [0.2, 0.25) is 0 Å². The number of hydrogen-bond donors (Lipinski definition) is 2. The smallest absolute Gasteiger partial charge is 0.0815 e. The number of hydrogen-bond acceptors (Lipinski definition) is 2. The Labute approximate surface area is 325 Å². The Morgan fingerprint density at radius 3 is 0.732 bits per heavy atom. The number of nitrogens with zero attached hydrogens (tertiary/aromatic N) is 2. The molecule has 56 heavy (non-hydrogen) atoms. The molecule has 4 aromatic carbocycles. The first-order valence-electron chi connectivity index (χ1n) is 18.2. The van der Waals surface area contributed by atoms with E-state index in [2.05, 4.69) is 57.3 Å². The molecule has 0 atom stereocenters. The Bertz CT molecular complexity index is 2700. The zero-order valence-corrected chi connectivity index (χ0v) is 30.1. The molecule has 2 N–H and O–H groups in total. The molecule has 3 aromatic heterocycles. The van der Waals surface area contributed by atoms with Crippen LogP contribution in [0, 0.1) is 47.4 Å². The molecular formula is C52H30N4. The number of benzene rings is 4. The van der Waals surface area contributed by atoms with E-state index in [1.165, 1.54) is 0 Å². The lowest BCUT2D eigenvalue weighted by atomic mass is 10.1. The van der Waals surface area contributed by atoms with Crippen molar-refractivity contribution < 1.29 is 0 Å². The summed E-state index contributed by atoms with van der Waals surface area (Å²) in [5.41, 5.74) is 12.8. The number of aromatic nitrogens is 4. The van der Waals surface area contributed by atoms with E-state index in [9.17, 15) is 0 Å². The fourth-order valence-electron chi connectivity index (χ4n) is 6.36. The van der Waals surface area contributed by atoms with E-state index in [4.69, 9.17) is 9.97 Å². The highest BCUT2D eigenvalue weighted by atomic mass is 14.8. The topological polar surface area (TPSA) is 57.4 Å². The molecule has 0 saturated carbocycles. The van der Waals surface area contributed by atoms with E-state index in [0.29, 0.717) is 0 Å². The molecule has 0 fully saturated rings. The standard InChI is InChI=1S/C52H30N4/c1-5-13-37(14-6-1)21-25-41-45-29-31-47(53-45)42(26-22-38-15-7-2-8-16-38)49-33-35-51(55-49)44(28-24-40-19-11-4-12-20-40)52-36-34-50(56-52)43(48-32-30-46(41)54-48)27-23-39-17-9-3-10-18-39/h1-20,29-36,53,56H. The third kappa shape index (κ3) is 7.33. The van der Waals surface area contributed by atoms with E-state index in [1.54, 1.807) is 0 Å². The van der Waals surface area contributed by atoms with Gasteiger partial charge in [-0.1, -0.05) is 120 Å². The molecule has 0 spiro atoms. The van der Waals surface area contributed by atoms with Crippen LogP contribution in [0.4, 0.5) is 0 Å². The summed E-state index contributed by atoms with van der Waals surface area (Å²) in [5, 5.41) is 0. The van der Waals surface area contributed by atoms with Gasteiger partial charge in [0.25, 0.3) is 0 Å². The van der Waals surface area contributed by atoms with Gasteiger partial charge in [-0.25, -0.2) is 9.97 Å². The molecule has 0 radical (unpaired) electrons. The molecule has 0 aliphatic carbocycles. The van der Waals surface area contributed by atoms with Gasteiger partial charge >= 0.3 is 0 Å². The molecule has 0 amide bonds. The average molecular weight is 711 g/mol. The monoisotopic (exact) mass is 710 g/mol. The van der Waals surface area contributed by atoms with Crippen LogP contribution >= 0.6 is 0 Å². The van der Waals surface area contributed by atoms with Gasteiger partial charge in [0.1, 0.15) is 0 Å². The van der Waals surface area contributed by atoms with Crippen molar-refractivity contribution in [1.29, 1.82) is 0 Å². The normalized spacial score (nSPS) is 10.9. The molecule has 0 saturated heterocycles. The Morgan fingerprint density at radius 2 is 0.500 bits per heavy atom. The van der Waals surface area contributed by atoms with E-state index in [1.807, 2.05) is 170 Å². The molecule has 2 aliphatic rings. The van der Waals surface area contributed by atoms with Gasteiger partial charge in [0.15, 0.2) is 0 Å². The van der Waals surface area contributed by atoms with Gasteiger partial charge in [-0.3, -0.25) is 0 Å². The minimum Gasteiger partial charge on any atom is -0.353 e. The van der Waals surface area contributed by atoms with E-state index in [0.717, 1.165) is 89.4 Å². The first-order valence-corrected chi connectivity index (χ1v) is 18.2. The summed E-state index contributed by atoms with van der Waals surface area (Å²) in [4.78, 5) is 17.7. The van der Waals surface area contributed by atoms with Crippen LogP contribution < -0.4 is 0 Å². The second kappa shape index (κ2) is 15.4. The van der Waals surface area contributed by atoms with Crippen LogP contribution in [-0.2, 0) is 0 Å². The fourth-order valence-corrected chi connectivity index (χ4v) is 6.36. The van der Waals surface area contributed by atoms with Crippen LogP contribution in [0.25, 0.3) is 46.4 Å². The zero-order valence-electron chi connectivity index (χ0n) is 30.1. The Balaban J connectivity index is 1.38. The van der Waals surface area contributed by atoms with Crippen molar-refractivity contribution >= 4 is 46.4 Å². The van der Waals surface area contributed by atoms with Gasteiger partial charge in [0.05, 0.1) is 67.1 Å². The number of rotatable bonds is 0. The Hall–Kier alpha value is -8.28. The maximum Gasteiger partial charge on any atom is 0.0815 e. The lowest BCUT2D eigenvalue weighted by Gasteiger charge is -1.98. The summed E-state index contributed by atoms with van der Waals surface area (Å²) in [5.74, 6) is 27.2. The summed E-state index contributed by atoms with van der Waals surface area (Å²) in [6.07, 6.45) is 8.02. The third-order valence-electron chi connectivity index (χ3n) is 9.18. The minimum absolute atomic E-state index is 0.723. The summed E-state index contributed by atoms with van der Waals surface area (Å²) >= 11 is 0. The first-order chi connectivity index (χ1) is 27.7. The number of H-pyrrole nitrogens is 2. The number of nitrogens with one attached hydrogen (secondary N) is 2. The molecular weight excluding hydrogens is 681 g/mol. The lowest BCUT2D eigenvalue weighted by molar-refractivity contribution is 1.29. The molecule has 7 aromatic rings. The molecule has 258 valence electrons. The molecule has 0 unspecified atom stereocenters. The third-order valence-corrected chi connectivity index (χ3v) is 9.18. The van der Waals surface area contributed by atoms with Crippen LogP contribution in [0.15, 0.2) is 146 Å². The fraction of sp³-hybridized carbons (Fsp3) is 0. The van der Waals surface area contributed by atoms with Gasteiger partial charge in [0.2, 0.25) is 0 Å². The van der Waals surface area contributed by atoms with Crippen molar-refractivity contribution in [3.63, 3.8) is 0 Å². The molecule has 9 rings (SSSR count). The van der Waals surface area contributed by atoms with Crippen LogP contribution in [0.3, 0.4) is 0 Å². The summed E-state index contributed by atoms with van der Waals surface area (Å²) in [6.45, 7) is 0. The molecule has 8 bridgehead atoms. The highest BCUT2D eigenvalue weighted by molar-refractivity contribution is 5.88. The molecule has 2 aliphatic heterocycles. The maximum atomic E-state index is 5.19. The maximum absolute atomic E-state index is 5.19. The average Bonchev–Trinajstić information content (AvgIpc) is 4.10. The number of aromatic amines is 2. The summed E-state index contributed by atoms with van der Waals surface area (Å²) in [6, 6.07) is 48.0. The predicted octanol–water partition coefficient (Wildman–Crippen LogP) is 10.3. The van der Waals surface area contributed by atoms with Gasteiger partial charge in [-0.2, -0.15) is 0 Å². The first kappa shape index (κ1) is 33.5. The minimum atomic E-state index is 0.723. The zero-order chi connectivity index (χ0) is 37.5. The van der Waals surface area contributed by atoms with Crippen molar-refractivity contribution in [2.24, 2.45) is 0 Å². The van der Waals surface area contributed by atoms with Crippen molar-refractivity contribution in [2.75, 3.05) is 0 Å². The molecule has 4 heteroatoms. The van der Waals surface area contributed by atoms with Crippen LogP contribution in [0.5, 0.6) is 0 Å². The quantitative estimate of drug-likeness (QED) is 0.154.